The van der Waals surface area contributed by atoms with E-state index in [-0.39, 0.29) is 0 Å². The van der Waals surface area contributed by atoms with Crippen molar-refractivity contribution in [2.24, 2.45) is 0 Å². The summed E-state index contributed by atoms with van der Waals surface area (Å²) in [5.41, 5.74) is -0.725. The summed E-state index contributed by atoms with van der Waals surface area (Å²) >= 11 is 0. The van der Waals surface area contributed by atoms with E-state index in [1.54, 1.807) is 6.26 Å². The van der Waals surface area contributed by atoms with Gasteiger partial charge >= 0.3 is 6.18 Å². The molecule has 0 atom stereocenters. The molecule has 18 heavy (non-hydrogen) atoms. The average molecular weight is 278 g/mol. The lowest BCUT2D eigenvalue weighted by molar-refractivity contribution is -0.137. The van der Waals surface area contributed by atoms with Gasteiger partial charge in [0.05, 0.1) is 5.56 Å². The van der Waals surface area contributed by atoms with Crippen LogP contribution in [0.15, 0.2) is 17.0 Å². The molecule has 0 N–H and O–H groups in total. The number of alkyl halides is 3. The maximum Gasteiger partial charge on any atom is 0.417 e. The highest BCUT2D eigenvalue weighted by molar-refractivity contribution is 8.27. The highest BCUT2D eigenvalue weighted by Gasteiger charge is 2.30. The molecule has 1 aromatic rings. The summed E-state index contributed by atoms with van der Waals surface area (Å²) in [5, 5.41) is 0. The molecule has 0 bridgehead atoms. The Morgan fingerprint density at radius 1 is 1.11 bits per heavy atom. The fraction of sp³-hybridized carbons (Fsp3) is 0.429. The topological polar surface area (TPSA) is 0 Å². The Labute approximate surface area is 109 Å². The molecule has 0 amide bonds. The summed E-state index contributed by atoms with van der Waals surface area (Å²) in [6.45, 7) is 8.00. The second kappa shape index (κ2) is 8.10. The van der Waals surface area contributed by atoms with Crippen molar-refractivity contribution in [3.05, 3.63) is 29.8 Å². The van der Waals surface area contributed by atoms with Crippen molar-refractivity contribution in [3.63, 3.8) is 0 Å². The lowest BCUT2D eigenvalue weighted by Gasteiger charge is -2.09. The number of halogens is 3. The standard InChI is InChI=1S/C10H9F3S.2C2H6/c1-14(2,3)9-6-4-5-8(7-9)10(11,12)13;2*1-2/h5,7H,1-2H2,3H3;2*1-2H3. The minimum Gasteiger partial charge on any atom is -0.183 e. The fourth-order valence-corrected chi connectivity index (χ4v) is 1.55. The van der Waals surface area contributed by atoms with Gasteiger partial charge in [-0.05, 0) is 12.3 Å². The normalized spacial score (nSPS) is 10.2. The minimum atomic E-state index is -4.34. The molecular formula is C14H21F3S. The van der Waals surface area contributed by atoms with Crippen LogP contribution in [-0.4, -0.2) is 18.0 Å². The molecular weight excluding hydrogens is 257 g/mol. The van der Waals surface area contributed by atoms with Crippen molar-refractivity contribution >= 4 is 20.9 Å². The molecule has 1 rings (SSSR count). The molecule has 1 aromatic carbocycles. The van der Waals surface area contributed by atoms with Crippen molar-refractivity contribution in [2.45, 2.75) is 38.8 Å². The zero-order valence-corrected chi connectivity index (χ0v) is 12.4. The summed E-state index contributed by atoms with van der Waals surface area (Å²) in [5.74, 6) is 7.43. The Hall–Kier alpha value is -1.08. The summed E-state index contributed by atoms with van der Waals surface area (Å²) < 4.78 is 36.9. The van der Waals surface area contributed by atoms with Gasteiger partial charge in [0.25, 0.3) is 0 Å². The predicted molar refractivity (Wildman–Crippen MR) is 77.8 cm³/mol. The molecule has 0 saturated heterocycles. The second-order valence-corrected chi connectivity index (χ2v) is 6.14. The van der Waals surface area contributed by atoms with Crippen LogP contribution in [0, 0.1) is 12.1 Å². The van der Waals surface area contributed by atoms with Crippen LogP contribution in [0.25, 0.3) is 0 Å². The molecule has 0 heterocycles. The van der Waals surface area contributed by atoms with E-state index >= 15 is 0 Å². The van der Waals surface area contributed by atoms with Crippen LogP contribution in [0.1, 0.15) is 33.3 Å². The van der Waals surface area contributed by atoms with Crippen molar-refractivity contribution < 1.29 is 13.2 Å². The maximum absolute atomic E-state index is 12.3. The third kappa shape index (κ3) is 6.61. The first kappa shape index (κ1) is 19.3. The molecule has 0 nitrogen and oxygen atoms in total. The zero-order valence-electron chi connectivity index (χ0n) is 11.6. The Bertz CT molecular complexity index is 429. The van der Waals surface area contributed by atoms with Crippen LogP contribution in [0.2, 0.25) is 0 Å². The quantitative estimate of drug-likeness (QED) is 0.633. The smallest absolute Gasteiger partial charge is 0.183 e. The Balaban J connectivity index is 0. The maximum atomic E-state index is 12.3. The first-order valence-electron chi connectivity index (χ1n) is 5.66. The van der Waals surface area contributed by atoms with Crippen LogP contribution < -0.4 is 0 Å². The van der Waals surface area contributed by atoms with Crippen molar-refractivity contribution in [2.75, 3.05) is 6.26 Å². The van der Waals surface area contributed by atoms with Crippen LogP contribution >= 0.6 is 9.21 Å². The lowest BCUT2D eigenvalue weighted by atomic mass is 10.2. The third-order valence-electron chi connectivity index (χ3n) is 1.57. The van der Waals surface area contributed by atoms with Crippen LogP contribution in [0.4, 0.5) is 13.2 Å². The van der Waals surface area contributed by atoms with Crippen molar-refractivity contribution in [3.8, 4) is 0 Å². The summed E-state index contributed by atoms with van der Waals surface area (Å²) in [6, 6.07) is 6.85. The van der Waals surface area contributed by atoms with Gasteiger partial charge in [-0.15, -0.1) is 0 Å². The Kier molecular flexibility index (Phi) is 8.67. The molecule has 0 fully saturated rings. The van der Waals surface area contributed by atoms with Gasteiger partial charge < -0.3 is 0 Å². The number of rotatable bonds is 1. The van der Waals surface area contributed by atoms with E-state index in [2.05, 4.69) is 23.9 Å². The molecule has 0 aliphatic rings. The molecule has 0 radical (unpaired) electrons. The third-order valence-corrected chi connectivity index (χ3v) is 2.85. The van der Waals surface area contributed by atoms with E-state index in [9.17, 15) is 13.2 Å². The lowest BCUT2D eigenvalue weighted by Crippen LogP contribution is -2.04. The van der Waals surface area contributed by atoms with E-state index < -0.39 is 20.9 Å². The van der Waals surface area contributed by atoms with Crippen LogP contribution in [0.3, 0.4) is 0 Å². The Morgan fingerprint density at radius 2 is 1.56 bits per heavy atom. The fourth-order valence-electron chi connectivity index (χ4n) is 0.833. The first-order valence-corrected chi connectivity index (χ1v) is 8.04. The molecule has 0 unspecified atom stereocenters. The average Bonchev–Trinajstić information content (AvgIpc) is 2.32. The number of hydrogen-bond acceptors (Lipinski definition) is 0. The monoisotopic (exact) mass is 278 g/mol. The van der Waals surface area contributed by atoms with Gasteiger partial charge in [-0.1, -0.05) is 51.6 Å². The summed E-state index contributed by atoms with van der Waals surface area (Å²) in [4.78, 5) is 0.382. The van der Waals surface area contributed by atoms with Crippen LogP contribution in [0.5, 0.6) is 0 Å². The molecule has 4 heteroatoms. The molecule has 0 aliphatic carbocycles. The molecule has 0 saturated carbocycles. The van der Waals surface area contributed by atoms with Gasteiger partial charge in [0.2, 0.25) is 0 Å². The molecule has 0 spiro atoms. The van der Waals surface area contributed by atoms with Crippen molar-refractivity contribution in [1.82, 2.24) is 0 Å². The molecule has 0 aromatic heterocycles. The zero-order chi connectivity index (χ0) is 15.0. The van der Waals surface area contributed by atoms with Gasteiger partial charge in [0, 0.05) is 11.0 Å². The van der Waals surface area contributed by atoms with Crippen LogP contribution in [-0.2, 0) is 6.18 Å². The number of hydrogen-bond donors (Lipinski definition) is 0. The van der Waals surface area contributed by atoms with E-state index in [0.717, 1.165) is 12.1 Å². The van der Waals surface area contributed by atoms with E-state index in [4.69, 9.17) is 0 Å². The van der Waals surface area contributed by atoms with E-state index in [1.165, 1.54) is 0 Å². The Morgan fingerprint density at radius 3 is 1.89 bits per heavy atom. The SMILES string of the molecule is C=S(=C)(C)c1c#ccc(C(F)(F)F)c1.CC.CC. The summed E-state index contributed by atoms with van der Waals surface area (Å²) in [6.07, 6.45) is -2.64. The summed E-state index contributed by atoms with van der Waals surface area (Å²) in [7, 11) is -1.67. The highest BCUT2D eigenvalue weighted by atomic mass is 32.2. The largest absolute Gasteiger partial charge is 0.417 e. The van der Waals surface area contributed by atoms with Gasteiger partial charge in [0.1, 0.15) is 0 Å². The first-order chi connectivity index (χ1) is 8.21. The van der Waals surface area contributed by atoms with E-state index in [1.807, 2.05) is 27.7 Å². The van der Waals surface area contributed by atoms with Gasteiger partial charge in [-0.2, -0.15) is 22.4 Å². The minimum absolute atomic E-state index is 0.382. The van der Waals surface area contributed by atoms with Crippen molar-refractivity contribution in [1.29, 1.82) is 0 Å². The van der Waals surface area contributed by atoms with Gasteiger partial charge in [-0.25, -0.2) is 0 Å². The molecule has 0 aliphatic heterocycles. The van der Waals surface area contributed by atoms with Gasteiger partial charge in [-0.3, -0.25) is 0 Å². The molecule has 104 valence electrons. The second-order valence-electron chi connectivity index (χ2n) is 3.15. The van der Waals surface area contributed by atoms with E-state index in [0.29, 0.717) is 4.90 Å². The van der Waals surface area contributed by atoms with Gasteiger partial charge in [0.15, 0.2) is 0 Å². The highest BCUT2D eigenvalue weighted by Crippen LogP contribution is 2.33. The predicted octanol–water partition coefficient (Wildman–Crippen LogP) is 5.02.